The van der Waals surface area contributed by atoms with Crippen molar-refractivity contribution in [1.82, 2.24) is 0 Å². The second-order valence-electron chi connectivity index (χ2n) is 18.2. The van der Waals surface area contributed by atoms with Crippen LogP contribution in [0.25, 0.3) is 64.3 Å². The zero-order valence-electron chi connectivity index (χ0n) is 36.6. The lowest BCUT2D eigenvalue weighted by atomic mass is 9.82. The highest BCUT2D eigenvalue weighted by Crippen LogP contribution is 2.61. The molecule has 0 N–H and O–H groups in total. The van der Waals surface area contributed by atoms with E-state index in [2.05, 4.69) is 222 Å². The molecule has 9 aromatic carbocycles. The maximum absolute atomic E-state index is 2.43. The fourth-order valence-electron chi connectivity index (χ4n) is 10.7. The molecule has 11 rings (SSSR count). The molecule has 1 aromatic heterocycles. The first kappa shape index (κ1) is 39.3. The van der Waals surface area contributed by atoms with E-state index in [-0.39, 0.29) is 5.92 Å². The van der Waals surface area contributed by atoms with Crippen LogP contribution in [0.15, 0.2) is 194 Å². The summed E-state index contributed by atoms with van der Waals surface area (Å²) in [7, 11) is 0. The van der Waals surface area contributed by atoms with Gasteiger partial charge in [0.1, 0.15) is 0 Å². The van der Waals surface area contributed by atoms with Gasteiger partial charge in [0.2, 0.25) is 0 Å². The van der Waals surface area contributed by atoms with E-state index in [1.54, 1.807) is 0 Å². The number of hydrogen-bond donors (Lipinski definition) is 0. The van der Waals surface area contributed by atoms with Crippen LogP contribution >= 0.6 is 11.3 Å². The Morgan fingerprint density at radius 2 is 1.16 bits per heavy atom. The van der Waals surface area contributed by atoms with Crippen molar-refractivity contribution in [3.05, 3.63) is 239 Å². The molecular weight excluding hydrogens is 777 g/mol. The molecule has 63 heavy (non-hydrogen) atoms. The molecule has 0 bridgehead atoms. The number of hydrogen-bond acceptors (Lipinski definition) is 1. The van der Waals surface area contributed by atoms with Crippen molar-refractivity contribution in [1.29, 1.82) is 0 Å². The Balaban J connectivity index is 0.872. The highest BCUT2D eigenvalue weighted by Gasteiger charge is 2.49. The normalized spacial score (nSPS) is 16.5. The molecule has 1 saturated carbocycles. The van der Waals surface area contributed by atoms with E-state index < -0.39 is 0 Å². The summed E-state index contributed by atoms with van der Waals surface area (Å²) in [6.45, 7) is 9.14. The second kappa shape index (κ2) is 16.3. The summed E-state index contributed by atoms with van der Waals surface area (Å²) in [6, 6.07) is 73.6. The molecule has 0 spiro atoms. The Bertz CT molecular complexity index is 3290. The average Bonchev–Trinajstić information content (AvgIpc) is 3.85. The van der Waals surface area contributed by atoms with Gasteiger partial charge >= 0.3 is 0 Å². The summed E-state index contributed by atoms with van der Waals surface area (Å²) < 4.78 is 2.69. The monoisotopic (exact) mass is 828 g/mol. The fourth-order valence-corrected chi connectivity index (χ4v) is 11.8. The van der Waals surface area contributed by atoms with Crippen LogP contribution in [-0.2, 0) is 6.42 Å². The molecule has 306 valence electrons. The van der Waals surface area contributed by atoms with Crippen molar-refractivity contribution in [2.75, 3.05) is 0 Å². The highest BCUT2D eigenvalue weighted by molar-refractivity contribution is 7.25. The maximum atomic E-state index is 2.43. The first-order valence-electron chi connectivity index (χ1n) is 22.7. The lowest BCUT2D eigenvalue weighted by Crippen LogP contribution is -2.05. The lowest BCUT2D eigenvalue weighted by Gasteiger charge is -2.22. The van der Waals surface area contributed by atoms with Crippen molar-refractivity contribution in [2.24, 2.45) is 5.92 Å². The Labute approximate surface area is 376 Å². The largest absolute Gasteiger partial charge is 0.135 e. The van der Waals surface area contributed by atoms with E-state index >= 15 is 0 Å². The summed E-state index contributed by atoms with van der Waals surface area (Å²) in [5.41, 5.74) is 18.9. The van der Waals surface area contributed by atoms with Gasteiger partial charge in [-0.1, -0.05) is 188 Å². The molecule has 0 amide bonds. The number of aryl methyl sites for hydroxylation is 4. The van der Waals surface area contributed by atoms with Crippen molar-refractivity contribution < 1.29 is 0 Å². The predicted octanol–water partition coefficient (Wildman–Crippen LogP) is 17.4. The van der Waals surface area contributed by atoms with E-state index in [9.17, 15) is 0 Å². The second-order valence-corrected chi connectivity index (χ2v) is 19.3. The summed E-state index contributed by atoms with van der Waals surface area (Å²) >= 11 is 1.88. The molecule has 0 radical (unpaired) electrons. The van der Waals surface area contributed by atoms with Crippen LogP contribution in [0.5, 0.6) is 0 Å². The van der Waals surface area contributed by atoms with Gasteiger partial charge in [0.05, 0.1) is 0 Å². The van der Waals surface area contributed by atoms with Gasteiger partial charge in [-0.3, -0.25) is 0 Å². The number of rotatable bonds is 10. The molecule has 4 atom stereocenters. The number of fused-ring (bicyclic) bond motifs is 4. The van der Waals surface area contributed by atoms with Crippen LogP contribution in [0.1, 0.15) is 75.6 Å². The topological polar surface area (TPSA) is 0 Å². The average molecular weight is 829 g/mol. The third kappa shape index (κ3) is 7.49. The quantitative estimate of drug-likeness (QED) is 0.129. The number of thiophene rings is 1. The Hall–Kier alpha value is -6.54. The van der Waals surface area contributed by atoms with Crippen molar-refractivity contribution in [3.8, 4) is 33.4 Å². The molecule has 0 nitrogen and oxygen atoms in total. The fraction of sp³-hybridized carbons (Fsp3) is 0.161. The van der Waals surface area contributed by atoms with Crippen LogP contribution in [0.4, 0.5) is 0 Å². The molecule has 1 heteroatoms. The molecular formula is C62H52S. The van der Waals surface area contributed by atoms with Crippen LogP contribution in [0.2, 0.25) is 0 Å². The lowest BCUT2D eigenvalue weighted by molar-refractivity contribution is 0.719. The summed E-state index contributed by atoms with van der Waals surface area (Å²) in [4.78, 5) is 0. The smallest absolute Gasteiger partial charge is 0.0355 e. The predicted molar refractivity (Wildman–Crippen MR) is 271 cm³/mol. The zero-order valence-corrected chi connectivity index (χ0v) is 37.4. The first-order chi connectivity index (χ1) is 30.9. The molecule has 0 saturated heterocycles. The Morgan fingerprint density at radius 1 is 0.476 bits per heavy atom. The van der Waals surface area contributed by atoms with Crippen LogP contribution < -0.4 is 0 Å². The van der Waals surface area contributed by atoms with Crippen molar-refractivity contribution in [3.63, 3.8) is 0 Å². The SMILES string of the molecule is Cc1cccc(C2C(C)C2c2ccccc2-c2cc(-c3ccc(CCC(c4ccc(-c5ccc6sc7ccccc7c6c5)cc4)c4cc(C)cc5ccccc45)cc3)ccc2C)c1. The van der Waals surface area contributed by atoms with Gasteiger partial charge in [-0.05, 0) is 153 Å². The molecule has 1 aliphatic rings. The standard InChI is InChI=1S/C62H52S/c1-39-12-11-14-50(34-39)61-42(4)62(61)55-18-8-7-16-53(55)56-37-47(24-20-41(56)3)44-25-21-43(22-26-44)23-32-52(57-36-40(2)35-49-13-5-6-15-51(49)57)46-29-27-45(28-30-46)48-31-33-60-58(38-48)54-17-9-10-19-59(54)63-60/h5-22,24-31,33-38,42,52,61-62H,23,32H2,1-4H3. The molecule has 0 aliphatic heterocycles. The molecule has 1 fully saturated rings. The third-order valence-corrected chi connectivity index (χ3v) is 15.3. The molecule has 1 heterocycles. The van der Waals surface area contributed by atoms with E-state index in [1.165, 1.54) is 109 Å². The van der Waals surface area contributed by atoms with Crippen molar-refractivity contribution in [2.45, 2.75) is 58.3 Å². The van der Waals surface area contributed by atoms with E-state index in [0.29, 0.717) is 17.8 Å². The van der Waals surface area contributed by atoms with Crippen LogP contribution in [0.3, 0.4) is 0 Å². The van der Waals surface area contributed by atoms with E-state index in [1.807, 2.05) is 11.3 Å². The summed E-state index contributed by atoms with van der Waals surface area (Å²) in [5.74, 6) is 1.98. The minimum Gasteiger partial charge on any atom is -0.135 e. The van der Waals surface area contributed by atoms with E-state index in [0.717, 1.165) is 12.8 Å². The van der Waals surface area contributed by atoms with Crippen LogP contribution in [0, 0.1) is 26.7 Å². The number of benzene rings is 9. The first-order valence-corrected chi connectivity index (χ1v) is 23.5. The van der Waals surface area contributed by atoms with Gasteiger partial charge in [0.25, 0.3) is 0 Å². The van der Waals surface area contributed by atoms with Gasteiger partial charge in [0.15, 0.2) is 0 Å². The van der Waals surface area contributed by atoms with E-state index in [4.69, 9.17) is 0 Å². The Kier molecular flexibility index (Phi) is 10.2. The third-order valence-electron chi connectivity index (χ3n) is 14.1. The van der Waals surface area contributed by atoms with Crippen LogP contribution in [-0.4, -0.2) is 0 Å². The zero-order chi connectivity index (χ0) is 42.6. The minimum absolute atomic E-state index is 0.256. The maximum Gasteiger partial charge on any atom is 0.0355 e. The van der Waals surface area contributed by atoms with Gasteiger partial charge in [-0.25, -0.2) is 0 Å². The Morgan fingerprint density at radius 3 is 1.98 bits per heavy atom. The minimum atomic E-state index is 0.256. The molecule has 10 aromatic rings. The van der Waals surface area contributed by atoms with Gasteiger partial charge in [0, 0.05) is 26.1 Å². The van der Waals surface area contributed by atoms with Gasteiger partial charge < -0.3 is 0 Å². The summed E-state index contributed by atoms with van der Waals surface area (Å²) in [5, 5.41) is 5.35. The summed E-state index contributed by atoms with van der Waals surface area (Å²) in [6.07, 6.45) is 2.01. The van der Waals surface area contributed by atoms with Gasteiger partial charge in [-0.2, -0.15) is 0 Å². The van der Waals surface area contributed by atoms with Gasteiger partial charge in [-0.15, -0.1) is 11.3 Å². The molecule has 4 unspecified atom stereocenters. The van der Waals surface area contributed by atoms with Crippen molar-refractivity contribution >= 4 is 42.3 Å². The molecule has 1 aliphatic carbocycles. The highest BCUT2D eigenvalue weighted by atomic mass is 32.1.